The summed E-state index contributed by atoms with van der Waals surface area (Å²) in [5, 5.41) is 2.82. The molecule has 0 aliphatic heterocycles. The molecule has 0 fully saturated rings. The quantitative estimate of drug-likeness (QED) is 0.733. The summed E-state index contributed by atoms with van der Waals surface area (Å²) < 4.78 is 20.1. The Morgan fingerprint density at radius 1 is 1.21 bits per heavy atom. The van der Waals surface area contributed by atoms with Crippen LogP contribution in [0.1, 0.15) is 21.7 Å². The lowest BCUT2D eigenvalue weighted by Gasteiger charge is -2.08. The fourth-order valence-corrected chi connectivity index (χ4v) is 2.49. The van der Waals surface area contributed by atoms with Crippen molar-refractivity contribution in [1.29, 1.82) is 0 Å². The summed E-state index contributed by atoms with van der Waals surface area (Å²) in [6, 6.07) is 9.61. The fourth-order valence-electron chi connectivity index (χ4n) is 2.49. The first-order valence-corrected chi connectivity index (χ1v) is 7.66. The standard InChI is InChI=1S/C18H18FN3O2/c1-12-3-8-16-21-13(2)17(22(16)11-12)18(23)20-9-10-24-15-6-4-14(19)5-7-15/h3-8,11H,9-10H2,1-2H3,(H,20,23). The topological polar surface area (TPSA) is 55.6 Å². The predicted octanol–water partition coefficient (Wildman–Crippen LogP) is 2.90. The average molecular weight is 327 g/mol. The van der Waals surface area contributed by atoms with Crippen molar-refractivity contribution < 1.29 is 13.9 Å². The number of nitrogens with zero attached hydrogens (tertiary/aromatic N) is 2. The van der Waals surface area contributed by atoms with Gasteiger partial charge in [0.1, 0.15) is 29.5 Å². The molecule has 1 amide bonds. The number of ether oxygens (including phenoxy) is 1. The maximum atomic E-state index is 12.8. The second-order valence-electron chi connectivity index (χ2n) is 5.54. The highest BCUT2D eigenvalue weighted by molar-refractivity contribution is 5.94. The molecule has 3 rings (SSSR count). The zero-order chi connectivity index (χ0) is 17.1. The van der Waals surface area contributed by atoms with Crippen molar-refractivity contribution in [3.05, 3.63) is 65.4 Å². The SMILES string of the molecule is Cc1ccc2nc(C)c(C(=O)NCCOc3ccc(F)cc3)n2c1. The Hall–Kier alpha value is -2.89. The summed E-state index contributed by atoms with van der Waals surface area (Å²) in [6.45, 7) is 4.42. The van der Waals surface area contributed by atoms with Gasteiger partial charge in [-0.3, -0.25) is 9.20 Å². The van der Waals surface area contributed by atoms with Crippen LogP contribution in [0.25, 0.3) is 5.65 Å². The van der Waals surface area contributed by atoms with Gasteiger partial charge in [0.25, 0.3) is 5.91 Å². The van der Waals surface area contributed by atoms with E-state index in [4.69, 9.17) is 4.74 Å². The zero-order valence-corrected chi connectivity index (χ0v) is 13.5. The first kappa shape index (κ1) is 16.0. The van der Waals surface area contributed by atoms with Crippen LogP contribution in [0.5, 0.6) is 5.75 Å². The Morgan fingerprint density at radius 3 is 2.71 bits per heavy atom. The van der Waals surface area contributed by atoms with Gasteiger partial charge in [0.2, 0.25) is 0 Å². The van der Waals surface area contributed by atoms with E-state index in [0.29, 0.717) is 30.3 Å². The molecule has 6 heteroatoms. The van der Waals surface area contributed by atoms with Crippen molar-refractivity contribution in [3.63, 3.8) is 0 Å². The maximum absolute atomic E-state index is 12.8. The summed E-state index contributed by atoms with van der Waals surface area (Å²) >= 11 is 0. The van der Waals surface area contributed by atoms with Crippen molar-refractivity contribution in [2.45, 2.75) is 13.8 Å². The number of carbonyl (C=O) groups excluding carboxylic acids is 1. The fraction of sp³-hybridized carbons (Fsp3) is 0.222. The molecule has 1 aromatic carbocycles. The summed E-state index contributed by atoms with van der Waals surface area (Å²) in [4.78, 5) is 16.8. The number of aromatic nitrogens is 2. The molecule has 2 aromatic heterocycles. The first-order chi connectivity index (χ1) is 11.5. The summed E-state index contributed by atoms with van der Waals surface area (Å²) in [6.07, 6.45) is 1.89. The molecular weight excluding hydrogens is 309 g/mol. The molecule has 0 saturated carbocycles. The van der Waals surface area contributed by atoms with Gasteiger partial charge in [-0.1, -0.05) is 6.07 Å². The van der Waals surface area contributed by atoms with Crippen molar-refractivity contribution in [1.82, 2.24) is 14.7 Å². The molecule has 124 valence electrons. The Kier molecular flexibility index (Phi) is 4.46. The largest absolute Gasteiger partial charge is 0.492 e. The van der Waals surface area contributed by atoms with E-state index < -0.39 is 0 Å². The molecule has 1 N–H and O–H groups in total. The van der Waals surface area contributed by atoms with Crippen LogP contribution in [0.2, 0.25) is 0 Å². The summed E-state index contributed by atoms with van der Waals surface area (Å²) in [5.74, 6) is 0.0506. The lowest BCUT2D eigenvalue weighted by Crippen LogP contribution is -2.29. The number of fused-ring (bicyclic) bond motifs is 1. The molecule has 0 bridgehead atoms. The van der Waals surface area contributed by atoms with Crippen LogP contribution in [0.4, 0.5) is 4.39 Å². The van der Waals surface area contributed by atoms with Crippen LogP contribution in [0, 0.1) is 19.7 Å². The minimum Gasteiger partial charge on any atom is -0.492 e. The molecular formula is C18H18FN3O2. The van der Waals surface area contributed by atoms with E-state index in [1.54, 1.807) is 16.5 Å². The van der Waals surface area contributed by atoms with E-state index in [1.807, 2.05) is 32.2 Å². The number of pyridine rings is 1. The first-order valence-electron chi connectivity index (χ1n) is 7.66. The monoisotopic (exact) mass is 327 g/mol. The Labute approximate surface area is 139 Å². The third-order valence-electron chi connectivity index (χ3n) is 3.63. The number of amides is 1. The predicted molar refractivity (Wildman–Crippen MR) is 88.9 cm³/mol. The minimum atomic E-state index is -0.311. The van der Waals surface area contributed by atoms with E-state index in [-0.39, 0.29) is 11.7 Å². The number of benzene rings is 1. The average Bonchev–Trinajstić information content (AvgIpc) is 2.88. The summed E-state index contributed by atoms with van der Waals surface area (Å²) in [7, 11) is 0. The molecule has 0 aliphatic rings. The highest BCUT2D eigenvalue weighted by atomic mass is 19.1. The molecule has 0 saturated heterocycles. The number of hydrogen-bond donors (Lipinski definition) is 1. The van der Waals surface area contributed by atoms with Crippen molar-refractivity contribution in [2.24, 2.45) is 0 Å². The van der Waals surface area contributed by atoms with Crippen LogP contribution in [-0.2, 0) is 0 Å². The van der Waals surface area contributed by atoms with Crippen molar-refractivity contribution in [3.8, 4) is 5.75 Å². The van der Waals surface area contributed by atoms with Crippen LogP contribution in [0.15, 0.2) is 42.6 Å². The van der Waals surface area contributed by atoms with E-state index in [1.165, 1.54) is 12.1 Å². The van der Waals surface area contributed by atoms with Gasteiger partial charge in [0.15, 0.2) is 0 Å². The van der Waals surface area contributed by atoms with E-state index in [2.05, 4.69) is 10.3 Å². The molecule has 0 spiro atoms. The number of hydrogen-bond acceptors (Lipinski definition) is 3. The van der Waals surface area contributed by atoms with Crippen LogP contribution in [-0.4, -0.2) is 28.4 Å². The molecule has 24 heavy (non-hydrogen) atoms. The van der Waals surface area contributed by atoms with Crippen molar-refractivity contribution in [2.75, 3.05) is 13.2 Å². The highest BCUT2D eigenvalue weighted by Gasteiger charge is 2.16. The van der Waals surface area contributed by atoms with Crippen LogP contribution >= 0.6 is 0 Å². The second kappa shape index (κ2) is 6.70. The lowest BCUT2D eigenvalue weighted by atomic mass is 10.3. The number of rotatable bonds is 5. The van der Waals surface area contributed by atoms with Gasteiger partial charge in [-0.05, 0) is 49.7 Å². The smallest absolute Gasteiger partial charge is 0.270 e. The molecule has 0 radical (unpaired) electrons. The van der Waals surface area contributed by atoms with Gasteiger partial charge in [0.05, 0.1) is 12.2 Å². The molecule has 0 atom stereocenters. The van der Waals surface area contributed by atoms with Gasteiger partial charge in [-0.25, -0.2) is 9.37 Å². The van der Waals surface area contributed by atoms with E-state index in [0.717, 1.165) is 11.2 Å². The third kappa shape index (κ3) is 3.37. The van der Waals surface area contributed by atoms with Gasteiger partial charge in [-0.15, -0.1) is 0 Å². The van der Waals surface area contributed by atoms with Gasteiger partial charge in [0, 0.05) is 6.20 Å². The summed E-state index contributed by atoms with van der Waals surface area (Å²) in [5.41, 5.74) is 2.99. The molecule has 2 heterocycles. The van der Waals surface area contributed by atoms with E-state index in [9.17, 15) is 9.18 Å². The van der Waals surface area contributed by atoms with Crippen molar-refractivity contribution >= 4 is 11.6 Å². The minimum absolute atomic E-state index is 0.201. The number of halogens is 1. The molecule has 0 unspecified atom stereocenters. The zero-order valence-electron chi connectivity index (χ0n) is 13.5. The normalized spacial score (nSPS) is 10.8. The lowest BCUT2D eigenvalue weighted by molar-refractivity contribution is 0.0940. The second-order valence-corrected chi connectivity index (χ2v) is 5.54. The molecule has 3 aromatic rings. The van der Waals surface area contributed by atoms with E-state index >= 15 is 0 Å². The Bertz CT molecular complexity index is 872. The highest BCUT2D eigenvalue weighted by Crippen LogP contribution is 2.13. The number of nitrogens with one attached hydrogen (secondary N) is 1. The molecule has 0 aliphatic carbocycles. The molecule has 5 nitrogen and oxygen atoms in total. The maximum Gasteiger partial charge on any atom is 0.270 e. The third-order valence-corrected chi connectivity index (χ3v) is 3.63. The van der Waals surface area contributed by atoms with Gasteiger partial charge < -0.3 is 10.1 Å². The Balaban J connectivity index is 1.62. The van der Waals surface area contributed by atoms with Crippen LogP contribution in [0.3, 0.4) is 0 Å². The number of imidazole rings is 1. The number of aryl methyl sites for hydroxylation is 2. The number of carbonyl (C=O) groups is 1. The van der Waals surface area contributed by atoms with Gasteiger partial charge >= 0.3 is 0 Å². The van der Waals surface area contributed by atoms with Crippen LogP contribution < -0.4 is 10.1 Å². The Morgan fingerprint density at radius 2 is 1.96 bits per heavy atom. The van der Waals surface area contributed by atoms with Gasteiger partial charge in [-0.2, -0.15) is 0 Å².